The van der Waals surface area contributed by atoms with E-state index in [2.05, 4.69) is 51.2 Å². The summed E-state index contributed by atoms with van der Waals surface area (Å²) >= 11 is 6.09. The van der Waals surface area contributed by atoms with Gasteiger partial charge in [-0.2, -0.15) is 0 Å². The molecule has 2 aromatic carbocycles. The molecule has 32 heavy (non-hydrogen) atoms. The van der Waals surface area contributed by atoms with Gasteiger partial charge in [0, 0.05) is 19.6 Å². The fraction of sp³-hybridized carbons (Fsp3) is 0.417. The molecular formula is C24H33ClIN5O. The molecule has 0 radical (unpaired) electrons. The van der Waals surface area contributed by atoms with E-state index < -0.39 is 0 Å². The zero-order valence-electron chi connectivity index (χ0n) is 18.5. The summed E-state index contributed by atoms with van der Waals surface area (Å²) in [6, 6.07) is 17.9. The molecule has 8 heteroatoms. The molecule has 3 rings (SSSR count). The van der Waals surface area contributed by atoms with Gasteiger partial charge in [-0.1, -0.05) is 54.1 Å². The largest absolute Gasteiger partial charge is 0.357 e. The second-order valence-corrected chi connectivity index (χ2v) is 7.96. The number of guanidine groups is 1. The van der Waals surface area contributed by atoms with Gasteiger partial charge in [0.2, 0.25) is 0 Å². The zero-order valence-corrected chi connectivity index (χ0v) is 21.6. The van der Waals surface area contributed by atoms with Gasteiger partial charge >= 0.3 is 0 Å². The molecule has 0 bridgehead atoms. The minimum Gasteiger partial charge on any atom is -0.357 e. The van der Waals surface area contributed by atoms with Crippen molar-refractivity contribution in [2.45, 2.75) is 25.8 Å². The molecule has 3 N–H and O–H groups in total. The van der Waals surface area contributed by atoms with E-state index >= 15 is 0 Å². The summed E-state index contributed by atoms with van der Waals surface area (Å²) in [5.41, 5.74) is 1.79. The van der Waals surface area contributed by atoms with Crippen LogP contribution >= 0.6 is 35.6 Å². The molecule has 1 saturated heterocycles. The maximum absolute atomic E-state index is 12.3. The van der Waals surface area contributed by atoms with Crippen molar-refractivity contribution < 1.29 is 4.79 Å². The van der Waals surface area contributed by atoms with Crippen LogP contribution in [0.5, 0.6) is 0 Å². The normalized spacial score (nSPS) is 15.0. The fourth-order valence-electron chi connectivity index (χ4n) is 3.78. The van der Waals surface area contributed by atoms with Crippen LogP contribution in [0.15, 0.2) is 59.6 Å². The van der Waals surface area contributed by atoms with Gasteiger partial charge in [0.25, 0.3) is 5.91 Å². The summed E-state index contributed by atoms with van der Waals surface area (Å²) in [7, 11) is 0. The van der Waals surface area contributed by atoms with Crippen molar-refractivity contribution in [1.29, 1.82) is 0 Å². The van der Waals surface area contributed by atoms with Gasteiger partial charge in [0.1, 0.15) is 0 Å². The van der Waals surface area contributed by atoms with Crippen LogP contribution in [0.4, 0.5) is 0 Å². The minimum atomic E-state index is -0.174. The highest BCUT2D eigenvalue weighted by molar-refractivity contribution is 14.0. The lowest BCUT2D eigenvalue weighted by atomic mass is 10.1. The standard InChI is InChI=1S/C24H32ClN5O.HI/c1-2-26-24(28-15-14-27-23(31)20-12-6-7-13-21(20)25)29-18-22(30-16-8-9-17-30)19-10-4-3-5-11-19;/h3-7,10-13,22H,2,8-9,14-18H2,1H3,(H,27,31)(H2,26,28,29);1H. The second kappa shape index (κ2) is 14.3. The van der Waals surface area contributed by atoms with Crippen LogP contribution in [-0.4, -0.2) is 56.0 Å². The van der Waals surface area contributed by atoms with Gasteiger partial charge in [-0.15, -0.1) is 24.0 Å². The van der Waals surface area contributed by atoms with Crippen LogP contribution in [0, 0.1) is 0 Å². The van der Waals surface area contributed by atoms with Crippen LogP contribution in [0.1, 0.15) is 41.7 Å². The van der Waals surface area contributed by atoms with Crippen molar-refractivity contribution in [3.63, 3.8) is 0 Å². The van der Waals surface area contributed by atoms with Crippen LogP contribution in [0.2, 0.25) is 5.02 Å². The van der Waals surface area contributed by atoms with E-state index in [0.29, 0.717) is 30.2 Å². The van der Waals surface area contributed by atoms with Crippen molar-refractivity contribution in [2.75, 3.05) is 39.3 Å². The van der Waals surface area contributed by atoms with E-state index in [0.717, 1.165) is 25.6 Å². The van der Waals surface area contributed by atoms with Crippen LogP contribution in [-0.2, 0) is 0 Å². The Morgan fingerprint density at radius 2 is 1.66 bits per heavy atom. The first kappa shape index (κ1) is 26.4. The Hall–Kier alpha value is -1.84. The number of likely N-dealkylation sites (tertiary alicyclic amines) is 1. The van der Waals surface area contributed by atoms with E-state index in [4.69, 9.17) is 16.6 Å². The van der Waals surface area contributed by atoms with E-state index in [1.807, 2.05) is 13.0 Å². The molecule has 1 aliphatic heterocycles. The molecule has 2 aromatic rings. The average Bonchev–Trinajstić information content (AvgIpc) is 3.32. The lowest BCUT2D eigenvalue weighted by Gasteiger charge is -2.27. The summed E-state index contributed by atoms with van der Waals surface area (Å²) < 4.78 is 0. The summed E-state index contributed by atoms with van der Waals surface area (Å²) in [6.07, 6.45) is 2.49. The Kier molecular flexibility index (Phi) is 11.8. The summed E-state index contributed by atoms with van der Waals surface area (Å²) in [5.74, 6) is 0.585. The molecule has 0 saturated carbocycles. The maximum Gasteiger partial charge on any atom is 0.252 e. The highest BCUT2D eigenvalue weighted by Gasteiger charge is 2.23. The van der Waals surface area contributed by atoms with Crippen LogP contribution in [0.25, 0.3) is 0 Å². The molecule has 0 aromatic heterocycles. The SMILES string of the molecule is CCNC(=NCC(c1ccccc1)N1CCCC1)NCCNC(=O)c1ccccc1Cl.I. The lowest BCUT2D eigenvalue weighted by molar-refractivity contribution is 0.0954. The van der Waals surface area contributed by atoms with Crippen molar-refractivity contribution in [3.05, 3.63) is 70.7 Å². The third kappa shape index (κ3) is 7.94. The maximum atomic E-state index is 12.3. The molecule has 6 nitrogen and oxygen atoms in total. The molecule has 1 aliphatic rings. The number of aliphatic imine (C=N–C) groups is 1. The molecule has 1 fully saturated rings. The molecule has 1 amide bonds. The number of hydrogen-bond acceptors (Lipinski definition) is 3. The van der Waals surface area contributed by atoms with Gasteiger partial charge in [-0.05, 0) is 50.6 Å². The number of carbonyl (C=O) groups is 1. The summed E-state index contributed by atoms with van der Waals surface area (Å²) in [6.45, 7) is 6.79. The van der Waals surface area contributed by atoms with Crippen molar-refractivity contribution in [2.24, 2.45) is 4.99 Å². The zero-order chi connectivity index (χ0) is 21.9. The molecule has 1 unspecified atom stereocenters. The smallest absolute Gasteiger partial charge is 0.252 e. The van der Waals surface area contributed by atoms with Crippen molar-refractivity contribution >= 4 is 47.4 Å². The molecule has 174 valence electrons. The number of benzene rings is 2. The van der Waals surface area contributed by atoms with E-state index in [-0.39, 0.29) is 35.9 Å². The Bertz CT molecular complexity index is 858. The molecular weight excluding hydrogens is 537 g/mol. The Morgan fingerprint density at radius 1 is 1.00 bits per heavy atom. The van der Waals surface area contributed by atoms with E-state index in [1.54, 1.807) is 18.2 Å². The monoisotopic (exact) mass is 569 g/mol. The number of halogens is 2. The third-order valence-electron chi connectivity index (χ3n) is 5.35. The average molecular weight is 570 g/mol. The highest BCUT2D eigenvalue weighted by atomic mass is 127. The first-order valence-electron chi connectivity index (χ1n) is 11.0. The lowest BCUT2D eigenvalue weighted by Crippen LogP contribution is -2.42. The van der Waals surface area contributed by atoms with Crippen molar-refractivity contribution in [1.82, 2.24) is 20.9 Å². The predicted octanol–water partition coefficient (Wildman–Crippen LogP) is 4.08. The number of nitrogens with zero attached hydrogens (tertiary/aromatic N) is 2. The molecule has 1 heterocycles. The number of hydrogen-bond donors (Lipinski definition) is 3. The van der Waals surface area contributed by atoms with E-state index in [1.165, 1.54) is 18.4 Å². The third-order valence-corrected chi connectivity index (χ3v) is 5.68. The fourth-order valence-corrected chi connectivity index (χ4v) is 4.00. The topological polar surface area (TPSA) is 68.8 Å². The number of carbonyl (C=O) groups excluding carboxylic acids is 1. The second-order valence-electron chi connectivity index (χ2n) is 7.55. The number of rotatable bonds is 9. The molecule has 0 aliphatic carbocycles. The van der Waals surface area contributed by atoms with Gasteiger partial charge < -0.3 is 16.0 Å². The quantitative estimate of drug-likeness (QED) is 0.184. The minimum absolute atomic E-state index is 0. The van der Waals surface area contributed by atoms with Gasteiger partial charge in [0.15, 0.2) is 5.96 Å². The first-order chi connectivity index (χ1) is 15.2. The van der Waals surface area contributed by atoms with Gasteiger partial charge in [0.05, 0.1) is 23.2 Å². The Labute approximate surface area is 213 Å². The molecule has 0 spiro atoms. The van der Waals surface area contributed by atoms with Gasteiger partial charge in [-0.25, -0.2) is 0 Å². The van der Waals surface area contributed by atoms with Gasteiger partial charge in [-0.3, -0.25) is 14.7 Å². The first-order valence-corrected chi connectivity index (χ1v) is 11.4. The summed E-state index contributed by atoms with van der Waals surface area (Å²) in [4.78, 5) is 19.6. The van der Waals surface area contributed by atoms with Crippen LogP contribution in [0.3, 0.4) is 0 Å². The van der Waals surface area contributed by atoms with Crippen molar-refractivity contribution in [3.8, 4) is 0 Å². The van der Waals surface area contributed by atoms with E-state index in [9.17, 15) is 4.79 Å². The Morgan fingerprint density at radius 3 is 2.34 bits per heavy atom. The number of nitrogens with one attached hydrogen (secondary N) is 3. The van der Waals surface area contributed by atoms with Crippen LogP contribution < -0.4 is 16.0 Å². The Balaban J connectivity index is 0.00000363. The summed E-state index contributed by atoms with van der Waals surface area (Å²) in [5, 5.41) is 9.96. The highest BCUT2D eigenvalue weighted by Crippen LogP contribution is 2.25. The predicted molar refractivity (Wildman–Crippen MR) is 143 cm³/mol. The molecule has 1 atom stereocenters. The number of amides is 1.